The minimum Gasteiger partial charge on any atom is -0.385 e. The molecule has 0 saturated carbocycles. The lowest BCUT2D eigenvalue weighted by molar-refractivity contribution is 0.698. The number of nitrogens with one attached hydrogen (secondary N) is 1. The molecule has 0 bridgehead atoms. The lowest BCUT2D eigenvalue weighted by Gasteiger charge is -2.19. The van der Waals surface area contributed by atoms with E-state index in [4.69, 9.17) is 0 Å². The van der Waals surface area contributed by atoms with Crippen LogP contribution in [0.2, 0.25) is 0 Å². The second kappa shape index (κ2) is 4.05. The van der Waals surface area contributed by atoms with Crippen LogP contribution >= 0.6 is 11.8 Å². The Morgan fingerprint density at radius 2 is 2.23 bits per heavy atom. The number of para-hydroxylation sites is 1. The number of anilines is 1. The number of rotatable bonds is 0. The van der Waals surface area contributed by atoms with E-state index in [2.05, 4.69) is 36.5 Å². The second-order valence-electron chi connectivity index (χ2n) is 3.66. The molecule has 1 heterocycles. The third-order valence-electron chi connectivity index (χ3n) is 2.32. The summed E-state index contributed by atoms with van der Waals surface area (Å²) in [5.74, 6) is 3.19. The normalized spacial score (nSPS) is 22.4. The third kappa shape index (κ3) is 2.19. The first-order chi connectivity index (χ1) is 6.36. The van der Waals surface area contributed by atoms with Crippen molar-refractivity contribution < 1.29 is 0 Å². The van der Waals surface area contributed by atoms with Gasteiger partial charge in [-0.1, -0.05) is 25.1 Å². The molecule has 70 valence electrons. The molecule has 0 fully saturated rings. The molecule has 1 aliphatic rings. The van der Waals surface area contributed by atoms with E-state index in [1.165, 1.54) is 17.0 Å². The molecule has 13 heavy (non-hydrogen) atoms. The fraction of sp³-hybridized carbons (Fsp3) is 0.455. The Labute approximate surface area is 83.9 Å². The fourth-order valence-corrected chi connectivity index (χ4v) is 2.64. The second-order valence-corrected chi connectivity index (χ2v) is 4.69. The van der Waals surface area contributed by atoms with E-state index < -0.39 is 0 Å². The van der Waals surface area contributed by atoms with Gasteiger partial charge in [-0.15, -0.1) is 0 Å². The number of thioether (sulfide) groups is 1. The van der Waals surface area contributed by atoms with Crippen LogP contribution in [0.5, 0.6) is 0 Å². The predicted molar refractivity (Wildman–Crippen MR) is 60.3 cm³/mol. The van der Waals surface area contributed by atoms with Crippen LogP contribution in [0.15, 0.2) is 24.3 Å². The van der Waals surface area contributed by atoms with E-state index in [1.54, 1.807) is 0 Å². The van der Waals surface area contributed by atoms with Crippen LogP contribution in [0.1, 0.15) is 12.5 Å². The number of benzene rings is 1. The molecule has 0 amide bonds. The van der Waals surface area contributed by atoms with E-state index in [9.17, 15) is 0 Å². The number of hydrogen-bond acceptors (Lipinski definition) is 2. The summed E-state index contributed by atoms with van der Waals surface area (Å²) in [7, 11) is 0. The maximum absolute atomic E-state index is 3.50. The van der Waals surface area contributed by atoms with Crippen molar-refractivity contribution in [3.05, 3.63) is 29.8 Å². The summed E-state index contributed by atoms with van der Waals surface area (Å²) in [6.07, 6.45) is 0. The van der Waals surface area contributed by atoms with Crippen molar-refractivity contribution in [2.24, 2.45) is 5.92 Å². The highest BCUT2D eigenvalue weighted by molar-refractivity contribution is 7.98. The molecule has 0 aliphatic carbocycles. The van der Waals surface area contributed by atoms with Crippen molar-refractivity contribution >= 4 is 17.4 Å². The molecular formula is C11H15NS. The Morgan fingerprint density at radius 1 is 1.38 bits per heavy atom. The zero-order valence-electron chi connectivity index (χ0n) is 7.92. The van der Waals surface area contributed by atoms with E-state index in [-0.39, 0.29) is 0 Å². The Hall–Kier alpha value is -0.630. The SMILES string of the molecule is CC1CNc2ccccc2CSC1. The molecule has 2 heteroatoms. The Balaban J connectivity index is 2.20. The van der Waals surface area contributed by atoms with Crippen LogP contribution in [0.3, 0.4) is 0 Å². The first kappa shape index (κ1) is 8.95. The summed E-state index contributed by atoms with van der Waals surface area (Å²) in [4.78, 5) is 0. The maximum Gasteiger partial charge on any atom is 0.0381 e. The molecule has 0 saturated heterocycles. The zero-order valence-corrected chi connectivity index (χ0v) is 8.73. The largest absolute Gasteiger partial charge is 0.385 e. The number of fused-ring (bicyclic) bond motifs is 1. The topological polar surface area (TPSA) is 12.0 Å². The molecule has 1 N–H and O–H groups in total. The van der Waals surface area contributed by atoms with Crippen LogP contribution in [0.4, 0.5) is 5.69 Å². The summed E-state index contributed by atoms with van der Waals surface area (Å²) < 4.78 is 0. The van der Waals surface area contributed by atoms with E-state index in [0.717, 1.165) is 18.2 Å². The molecule has 1 unspecified atom stereocenters. The van der Waals surface area contributed by atoms with Gasteiger partial charge in [-0.05, 0) is 23.3 Å². The van der Waals surface area contributed by atoms with Gasteiger partial charge in [0.25, 0.3) is 0 Å². The standard InChI is InChI=1S/C11H15NS/c1-9-6-12-11-5-3-2-4-10(11)8-13-7-9/h2-5,9,12H,6-8H2,1H3. The zero-order chi connectivity index (χ0) is 9.10. The minimum atomic E-state index is 0.776. The van der Waals surface area contributed by atoms with Gasteiger partial charge in [-0.2, -0.15) is 11.8 Å². The number of hydrogen-bond donors (Lipinski definition) is 1. The smallest absolute Gasteiger partial charge is 0.0381 e. The van der Waals surface area contributed by atoms with Gasteiger partial charge < -0.3 is 5.32 Å². The molecule has 0 spiro atoms. The Bertz CT molecular complexity index is 285. The van der Waals surface area contributed by atoms with Crippen molar-refractivity contribution in [1.29, 1.82) is 0 Å². The van der Waals surface area contributed by atoms with E-state index >= 15 is 0 Å². The lowest BCUT2D eigenvalue weighted by Crippen LogP contribution is -2.16. The van der Waals surface area contributed by atoms with Gasteiger partial charge in [0.2, 0.25) is 0 Å². The van der Waals surface area contributed by atoms with Crippen LogP contribution in [-0.4, -0.2) is 12.3 Å². The molecule has 1 aliphatic heterocycles. The Kier molecular flexibility index (Phi) is 2.79. The van der Waals surface area contributed by atoms with Gasteiger partial charge in [-0.3, -0.25) is 0 Å². The van der Waals surface area contributed by atoms with Gasteiger partial charge in [0, 0.05) is 18.0 Å². The van der Waals surface area contributed by atoms with Crippen molar-refractivity contribution in [1.82, 2.24) is 0 Å². The molecule has 1 aromatic rings. The van der Waals surface area contributed by atoms with Gasteiger partial charge in [-0.25, -0.2) is 0 Å². The molecule has 2 rings (SSSR count). The van der Waals surface area contributed by atoms with Gasteiger partial charge >= 0.3 is 0 Å². The highest BCUT2D eigenvalue weighted by Gasteiger charge is 2.09. The highest BCUT2D eigenvalue weighted by atomic mass is 32.2. The third-order valence-corrected chi connectivity index (χ3v) is 3.64. The fourth-order valence-electron chi connectivity index (χ4n) is 1.53. The van der Waals surface area contributed by atoms with Crippen LogP contribution in [0, 0.1) is 5.92 Å². The predicted octanol–water partition coefficient (Wildman–Crippen LogP) is 2.98. The summed E-state index contributed by atoms with van der Waals surface area (Å²) in [6.45, 7) is 3.40. The monoisotopic (exact) mass is 193 g/mol. The average molecular weight is 193 g/mol. The summed E-state index contributed by atoms with van der Waals surface area (Å²) in [5, 5.41) is 3.50. The van der Waals surface area contributed by atoms with Gasteiger partial charge in [0.15, 0.2) is 0 Å². The first-order valence-corrected chi connectivity index (χ1v) is 5.91. The van der Waals surface area contributed by atoms with E-state index in [1.807, 2.05) is 11.8 Å². The van der Waals surface area contributed by atoms with Crippen LogP contribution in [0.25, 0.3) is 0 Å². The molecule has 0 radical (unpaired) electrons. The summed E-state index contributed by atoms with van der Waals surface area (Å²) in [5.41, 5.74) is 2.76. The average Bonchev–Trinajstić information content (AvgIpc) is 2.13. The maximum atomic E-state index is 3.50. The molecular weight excluding hydrogens is 178 g/mol. The first-order valence-electron chi connectivity index (χ1n) is 4.76. The summed E-state index contributed by atoms with van der Waals surface area (Å²) >= 11 is 2.04. The van der Waals surface area contributed by atoms with Gasteiger partial charge in [0.1, 0.15) is 0 Å². The van der Waals surface area contributed by atoms with Crippen molar-refractivity contribution in [2.45, 2.75) is 12.7 Å². The van der Waals surface area contributed by atoms with Crippen molar-refractivity contribution in [2.75, 3.05) is 17.6 Å². The quantitative estimate of drug-likeness (QED) is 0.680. The van der Waals surface area contributed by atoms with Crippen molar-refractivity contribution in [3.63, 3.8) is 0 Å². The van der Waals surface area contributed by atoms with Crippen molar-refractivity contribution in [3.8, 4) is 0 Å². The van der Waals surface area contributed by atoms with Gasteiger partial charge in [0.05, 0.1) is 0 Å². The Morgan fingerprint density at radius 3 is 3.15 bits per heavy atom. The molecule has 0 aromatic heterocycles. The minimum absolute atomic E-state index is 0.776. The van der Waals surface area contributed by atoms with E-state index in [0.29, 0.717) is 0 Å². The molecule has 1 atom stereocenters. The molecule has 1 aromatic carbocycles. The highest BCUT2D eigenvalue weighted by Crippen LogP contribution is 2.25. The van der Waals surface area contributed by atoms with Crippen LogP contribution < -0.4 is 5.32 Å². The molecule has 1 nitrogen and oxygen atoms in total. The lowest BCUT2D eigenvalue weighted by atomic mass is 10.1. The summed E-state index contributed by atoms with van der Waals surface area (Å²) in [6, 6.07) is 8.61. The van der Waals surface area contributed by atoms with Crippen LogP contribution in [-0.2, 0) is 5.75 Å².